The monoisotopic (exact) mass is 242 g/mol. The van der Waals surface area contributed by atoms with Gasteiger partial charge in [-0.05, 0) is 25.8 Å². The first-order valence-corrected chi connectivity index (χ1v) is 6.40. The Morgan fingerprint density at radius 2 is 2.19 bits per heavy atom. The highest BCUT2D eigenvalue weighted by atomic mass is 32.2. The van der Waals surface area contributed by atoms with E-state index in [2.05, 4.69) is 15.1 Å². The van der Waals surface area contributed by atoms with Gasteiger partial charge in [0.05, 0.1) is 4.90 Å². The number of aromatic nitrogens is 1. The van der Waals surface area contributed by atoms with Crippen molar-refractivity contribution in [2.45, 2.75) is 30.2 Å². The third kappa shape index (κ3) is 2.31. The molecule has 0 amide bonds. The van der Waals surface area contributed by atoms with Gasteiger partial charge in [0.1, 0.15) is 5.82 Å². The summed E-state index contributed by atoms with van der Waals surface area (Å²) < 4.78 is 26.5. The SMILES string of the molecule is CC1(NS(=O)(=O)c2ccnc(NN)c2)CC1. The fraction of sp³-hybridized carbons (Fsp3) is 0.444. The van der Waals surface area contributed by atoms with Gasteiger partial charge in [0, 0.05) is 17.8 Å². The van der Waals surface area contributed by atoms with Gasteiger partial charge in [-0.1, -0.05) is 0 Å². The Morgan fingerprint density at radius 3 is 2.75 bits per heavy atom. The van der Waals surface area contributed by atoms with Crippen LogP contribution >= 0.6 is 0 Å². The minimum absolute atomic E-state index is 0.170. The zero-order valence-electron chi connectivity index (χ0n) is 8.90. The van der Waals surface area contributed by atoms with E-state index in [4.69, 9.17) is 5.84 Å². The number of pyridine rings is 1. The van der Waals surface area contributed by atoms with Crippen LogP contribution in [0.25, 0.3) is 0 Å². The van der Waals surface area contributed by atoms with Crippen LogP contribution in [0.5, 0.6) is 0 Å². The van der Waals surface area contributed by atoms with E-state index >= 15 is 0 Å². The maximum atomic E-state index is 11.9. The number of nitrogens with two attached hydrogens (primary N) is 1. The second kappa shape index (κ2) is 3.69. The summed E-state index contributed by atoms with van der Waals surface area (Å²) in [6.45, 7) is 1.88. The number of hydrogen-bond acceptors (Lipinski definition) is 5. The van der Waals surface area contributed by atoms with Crippen molar-refractivity contribution in [2.24, 2.45) is 5.84 Å². The van der Waals surface area contributed by atoms with E-state index in [9.17, 15) is 8.42 Å². The second-order valence-electron chi connectivity index (χ2n) is 4.19. The van der Waals surface area contributed by atoms with Crippen molar-refractivity contribution < 1.29 is 8.42 Å². The van der Waals surface area contributed by atoms with E-state index < -0.39 is 10.0 Å². The molecule has 1 saturated carbocycles. The van der Waals surface area contributed by atoms with E-state index in [1.807, 2.05) is 6.92 Å². The first-order chi connectivity index (χ1) is 7.45. The third-order valence-corrected chi connectivity index (χ3v) is 4.21. The molecule has 7 heteroatoms. The molecular formula is C9H14N4O2S. The standard InChI is InChI=1S/C9H14N4O2S/c1-9(3-4-9)13-16(14,15)7-2-5-11-8(6-7)12-10/h2,5-6,13H,3-4,10H2,1H3,(H,11,12). The van der Waals surface area contributed by atoms with E-state index in [1.54, 1.807) is 0 Å². The van der Waals surface area contributed by atoms with Gasteiger partial charge >= 0.3 is 0 Å². The van der Waals surface area contributed by atoms with E-state index in [-0.39, 0.29) is 10.4 Å². The average Bonchev–Trinajstić information content (AvgIpc) is 2.95. The van der Waals surface area contributed by atoms with Crippen LogP contribution in [0.2, 0.25) is 0 Å². The van der Waals surface area contributed by atoms with Crippen molar-refractivity contribution in [1.29, 1.82) is 0 Å². The molecule has 88 valence electrons. The largest absolute Gasteiger partial charge is 0.308 e. The summed E-state index contributed by atoms with van der Waals surface area (Å²) in [5.41, 5.74) is 2.04. The molecule has 1 fully saturated rings. The van der Waals surface area contributed by atoms with Crippen molar-refractivity contribution in [2.75, 3.05) is 5.43 Å². The first-order valence-electron chi connectivity index (χ1n) is 4.92. The third-order valence-electron chi connectivity index (χ3n) is 2.57. The van der Waals surface area contributed by atoms with Crippen molar-refractivity contribution in [3.05, 3.63) is 18.3 Å². The van der Waals surface area contributed by atoms with Crippen LogP contribution in [0, 0.1) is 0 Å². The number of hydrogen-bond donors (Lipinski definition) is 3. The van der Waals surface area contributed by atoms with Crippen LogP contribution in [0.15, 0.2) is 23.2 Å². The smallest absolute Gasteiger partial charge is 0.241 e. The molecule has 1 aromatic rings. The van der Waals surface area contributed by atoms with Crippen molar-refractivity contribution in [1.82, 2.24) is 9.71 Å². The maximum absolute atomic E-state index is 11.9. The molecule has 0 saturated heterocycles. The van der Waals surface area contributed by atoms with Gasteiger partial charge in [-0.15, -0.1) is 0 Å². The summed E-state index contributed by atoms with van der Waals surface area (Å²) in [5.74, 6) is 5.50. The number of nitrogen functional groups attached to an aromatic ring is 1. The molecule has 0 bridgehead atoms. The Hall–Kier alpha value is -1.18. The average molecular weight is 242 g/mol. The van der Waals surface area contributed by atoms with Crippen LogP contribution in [-0.4, -0.2) is 18.9 Å². The van der Waals surface area contributed by atoms with Crippen molar-refractivity contribution in [3.8, 4) is 0 Å². The summed E-state index contributed by atoms with van der Waals surface area (Å²) in [4.78, 5) is 4.03. The lowest BCUT2D eigenvalue weighted by atomic mass is 10.4. The maximum Gasteiger partial charge on any atom is 0.241 e. The lowest BCUT2D eigenvalue weighted by molar-refractivity contribution is 0.558. The molecule has 16 heavy (non-hydrogen) atoms. The van der Waals surface area contributed by atoms with Crippen LogP contribution in [-0.2, 0) is 10.0 Å². The van der Waals surface area contributed by atoms with Gasteiger partial charge < -0.3 is 5.43 Å². The number of rotatable bonds is 4. The van der Waals surface area contributed by atoms with Gasteiger partial charge in [0.25, 0.3) is 0 Å². The van der Waals surface area contributed by atoms with Crippen molar-refractivity contribution in [3.63, 3.8) is 0 Å². The molecule has 0 radical (unpaired) electrons. The van der Waals surface area contributed by atoms with Gasteiger partial charge in [0.2, 0.25) is 10.0 Å². The molecule has 0 aromatic carbocycles. The lowest BCUT2D eigenvalue weighted by Crippen LogP contribution is -2.34. The van der Waals surface area contributed by atoms with Gasteiger partial charge in [-0.3, -0.25) is 0 Å². The quantitative estimate of drug-likeness (QED) is 0.517. The molecule has 1 aromatic heterocycles. The zero-order valence-corrected chi connectivity index (χ0v) is 9.71. The van der Waals surface area contributed by atoms with Gasteiger partial charge in [0.15, 0.2) is 0 Å². The highest BCUT2D eigenvalue weighted by Gasteiger charge is 2.41. The second-order valence-corrected chi connectivity index (χ2v) is 5.87. The minimum atomic E-state index is -3.47. The molecule has 1 aliphatic carbocycles. The summed E-state index contributed by atoms with van der Waals surface area (Å²) in [6.07, 6.45) is 3.15. The number of nitrogens with zero attached hydrogens (tertiary/aromatic N) is 1. The molecule has 0 unspecified atom stereocenters. The molecule has 2 rings (SSSR count). The van der Waals surface area contributed by atoms with Crippen LogP contribution in [0.4, 0.5) is 5.82 Å². The first kappa shape index (κ1) is 11.3. The Morgan fingerprint density at radius 1 is 1.50 bits per heavy atom. The number of sulfonamides is 1. The number of anilines is 1. The van der Waals surface area contributed by atoms with Crippen LogP contribution in [0.3, 0.4) is 0 Å². The summed E-state index contributed by atoms with van der Waals surface area (Å²) >= 11 is 0. The molecule has 1 aliphatic rings. The highest BCUT2D eigenvalue weighted by Crippen LogP contribution is 2.35. The van der Waals surface area contributed by atoms with E-state index in [0.29, 0.717) is 5.82 Å². The highest BCUT2D eigenvalue weighted by molar-refractivity contribution is 7.89. The summed E-state index contributed by atoms with van der Waals surface area (Å²) in [6, 6.07) is 2.84. The molecule has 4 N–H and O–H groups in total. The fourth-order valence-corrected chi connectivity index (χ4v) is 2.81. The topological polar surface area (TPSA) is 97.1 Å². The van der Waals surface area contributed by atoms with E-state index in [0.717, 1.165) is 12.8 Å². The fourth-order valence-electron chi connectivity index (χ4n) is 1.33. The van der Waals surface area contributed by atoms with Crippen LogP contribution in [0.1, 0.15) is 19.8 Å². The predicted molar refractivity (Wildman–Crippen MR) is 60.0 cm³/mol. The van der Waals surface area contributed by atoms with E-state index in [1.165, 1.54) is 18.3 Å². The lowest BCUT2D eigenvalue weighted by Gasteiger charge is -2.12. The Balaban J connectivity index is 2.28. The Kier molecular flexibility index (Phi) is 2.61. The summed E-state index contributed by atoms with van der Waals surface area (Å²) in [7, 11) is -3.47. The molecule has 0 atom stereocenters. The summed E-state index contributed by atoms with van der Waals surface area (Å²) in [5, 5.41) is 0. The molecule has 0 aliphatic heterocycles. The zero-order chi connectivity index (χ0) is 11.8. The predicted octanol–water partition coefficient (Wildman–Crippen LogP) is 0.198. The number of nitrogens with one attached hydrogen (secondary N) is 2. The minimum Gasteiger partial charge on any atom is -0.308 e. The molecular weight excluding hydrogens is 228 g/mol. The normalized spacial score (nSPS) is 18.1. The molecule has 1 heterocycles. The van der Waals surface area contributed by atoms with Gasteiger partial charge in [-0.25, -0.2) is 24.0 Å². The van der Waals surface area contributed by atoms with Crippen LogP contribution < -0.4 is 16.0 Å². The Labute approximate surface area is 94.3 Å². The number of hydrazine groups is 1. The molecule has 6 nitrogen and oxygen atoms in total. The van der Waals surface area contributed by atoms with Crippen molar-refractivity contribution >= 4 is 15.8 Å². The Bertz CT molecular complexity index is 496. The van der Waals surface area contributed by atoms with Gasteiger partial charge in [-0.2, -0.15) is 0 Å². The molecule has 0 spiro atoms.